The lowest BCUT2D eigenvalue weighted by atomic mass is 10.2. The predicted octanol–water partition coefficient (Wildman–Crippen LogP) is 3.25. The first-order valence-electron chi connectivity index (χ1n) is 7.93. The predicted molar refractivity (Wildman–Crippen MR) is 107 cm³/mol. The second kappa shape index (κ2) is 8.73. The molecule has 0 atom stereocenters. The molecule has 9 heteroatoms. The summed E-state index contributed by atoms with van der Waals surface area (Å²) in [5.41, 5.74) is 1.13. The van der Waals surface area contributed by atoms with Gasteiger partial charge in [-0.25, -0.2) is 8.42 Å². The molecule has 0 saturated heterocycles. The Labute approximate surface area is 167 Å². The number of sulfonamides is 1. The van der Waals surface area contributed by atoms with Crippen LogP contribution in [0.25, 0.3) is 0 Å². The summed E-state index contributed by atoms with van der Waals surface area (Å²) in [6.07, 6.45) is 0. The highest BCUT2D eigenvalue weighted by atomic mass is 79.9. The molecule has 0 aliphatic heterocycles. The molecule has 0 spiro atoms. The van der Waals surface area contributed by atoms with Gasteiger partial charge < -0.3 is 14.8 Å². The van der Waals surface area contributed by atoms with E-state index in [1.807, 2.05) is 12.1 Å². The van der Waals surface area contributed by atoms with E-state index in [1.165, 1.54) is 50.7 Å². The standard InChI is InChI=1S/C18H21BrN2O5S/c1-12(22)20-16-7-6-15(10-18(16)26-4)27(23,24)21(2)11-13-9-14(19)5-8-17(13)25-3/h5-10H,11H2,1-4H3,(H,20,22). The minimum atomic E-state index is -3.78. The molecular formula is C18H21BrN2O5S. The fourth-order valence-electron chi connectivity index (χ4n) is 2.50. The van der Waals surface area contributed by atoms with Crippen LogP contribution in [0.15, 0.2) is 45.8 Å². The number of anilines is 1. The van der Waals surface area contributed by atoms with Crippen molar-refractivity contribution in [1.29, 1.82) is 0 Å². The van der Waals surface area contributed by atoms with Gasteiger partial charge in [-0.05, 0) is 30.3 Å². The third-order valence-electron chi connectivity index (χ3n) is 3.83. The van der Waals surface area contributed by atoms with Crippen LogP contribution in [0.2, 0.25) is 0 Å². The van der Waals surface area contributed by atoms with E-state index >= 15 is 0 Å². The van der Waals surface area contributed by atoms with E-state index in [-0.39, 0.29) is 23.1 Å². The smallest absolute Gasteiger partial charge is 0.243 e. The summed E-state index contributed by atoms with van der Waals surface area (Å²) < 4.78 is 38.5. The van der Waals surface area contributed by atoms with Gasteiger partial charge in [-0.2, -0.15) is 4.31 Å². The first kappa shape index (κ1) is 21.2. The highest BCUT2D eigenvalue weighted by molar-refractivity contribution is 9.10. The zero-order valence-corrected chi connectivity index (χ0v) is 17.8. The molecule has 0 saturated carbocycles. The number of hydrogen-bond acceptors (Lipinski definition) is 5. The van der Waals surface area contributed by atoms with Crippen molar-refractivity contribution in [1.82, 2.24) is 4.31 Å². The van der Waals surface area contributed by atoms with Crippen molar-refractivity contribution in [3.63, 3.8) is 0 Å². The summed E-state index contributed by atoms with van der Waals surface area (Å²) >= 11 is 3.38. The molecule has 0 fully saturated rings. The molecular weight excluding hydrogens is 436 g/mol. The van der Waals surface area contributed by atoms with Crippen molar-refractivity contribution in [2.24, 2.45) is 0 Å². The number of nitrogens with one attached hydrogen (secondary N) is 1. The topological polar surface area (TPSA) is 84.9 Å². The SMILES string of the molecule is COc1ccc(Br)cc1CN(C)S(=O)(=O)c1ccc(NC(C)=O)c(OC)c1. The van der Waals surface area contributed by atoms with Crippen molar-refractivity contribution in [2.75, 3.05) is 26.6 Å². The fraction of sp³-hybridized carbons (Fsp3) is 0.278. The number of benzene rings is 2. The minimum Gasteiger partial charge on any atom is -0.496 e. The lowest BCUT2D eigenvalue weighted by Gasteiger charge is -2.20. The lowest BCUT2D eigenvalue weighted by molar-refractivity contribution is -0.114. The summed E-state index contributed by atoms with van der Waals surface area (Å²) in [6.45, 7) is 1.49. The number of nitrogens with zero attached hydrogens (tertiary/aromatic N) is 1. The maximum absolute atomic E-state index is 13.0. The Morgan fingerprint density at radius 3 is 2.37 bits per heavy atom. The average Bonchev–Trinajstić information content (AvgIpc) is 2.61. The molecule has 2 aromatic carbocycles. The van der Waals surface area contributed by atoms with Crippen LogP contribution < -0.4 is 14.8 Å². The Kier molecular flexibility index (Phi) is 6.85. The summed E-state index contributed by atoms with van der Waals surface area (Å²) in [7, 11) is 0.651. The molecule has 2 aromatic rings. The maximum Gasteiger partial charge on any atom is 0.243 e. The molecule has 0 heterocycles. The highest BCUT2D eigenvalue weighted by Crippen LogP contribution is 2.30. The molecule has 0 unspecified atom stereocenters. The molecule has 1 N–H and O–H groups in total. The van der Waals surface area contributed by atoms with Crippen molar-refractivity contribution < 1.29 is 22.7 Å². The largest absolute Gasteiger partial charge is 0.496 e. The molecule has 0 aliphatic rings. The molecule has 0 aromatic heterocycles. The molecule has 146 valence electrons. The van der Waals surface area contributed by atoms with Gasteiger partial charge in [0.25, 0.3) is 0 Å². The van der Waals surface area contributed by atoms with Gasteiger partial charge in [0.15, 0.2) is 0 Å². The van der Waals surface area contributed by atoms with Gasteiger partial charge in [-0.3, -0.25) is 4.79 Å². The minimum absolute atomic E-state index is 0.0601. The van der Waals surface area contributed by atoms with E-state index in [9.17, 15) is 13.2 Å². The molecule has 1 amide bonds. The number of amides is 1. The van der Waals surface area contributed by atoms with Crippen molar-refractivity contribution in [3.05, 3.63) is 46.4 Å². The Balaban J connectivity index is 2.35. The quantitative estimate of drug-likeness (QED) is 0.690. The zero-order valence-electron chi connectivity index (χ0n) is 15.4. The second-order valence-electron chi connectivity index (χ2n) is 5.76. The third kappa shape index (κ3) is 5.00. The van der Waals surface area contributed by atoms with Gasteiger partial charge in [0.1, 0.15) is 11.5 Å². The number of rotatable bonds is 7. The Bertz CT molecular complexity index is 947. The summed E-state index contributed by atoms with van der Waals surface area (Å²) in [6, 6.07) is 9.71. The fourth-order valence-corrected chi connectivity index (χ4v) is 4.07. The zero-order chi connectivity index (χ0) is 20.2. The van der Waals surface area contributed by atoms with Crippen LogP contribution in [-0.4, -0.2) is 39.9 Å². The lowest BCUT2D eigenvalue weighted by Crippen LogP contribution is -2.26. The van der Waals surface area contributed by atoms with E-state index in [0.29, 0.717) is 11.4 Å². The van der Waals surface area contributed by atoms with Crippen LogP contribution in [0, 0.1) is 0 Å². The van der Waals surface area contributed by atoms with E-state index in [4.69, 9.17) is 9.47 Å². The average molecular weight is 457 g/mol. The van der Waals surface area contributed by atoms with Crippen molar-refractivity contribution in [2.45, 2.75) is 18.4 Å². The summed E-state index contributed by atoms with van der Waals surface area (Å²) in [5.74, 6) is 0.585. The number of carbonyl (C=O) groups excluding carboxylic acids is 1. The van der Waals surface area contributed by atoms with E-state index in [0.717, 1.165) is 10.0 Å². The van der Waals surface area contributed by atoms with Gasteiger partial charge in [-0.15, -0.1) is 0 Å². The van der Waals surface area contributed by atoms with Gasteiger partial charge in [-0.1, -0.05) is 15.9 Å². The maximum atomic E-state index is 13.0. The summed E-state index contributed by atoms with van der Waals surface area (Å²) in [5, 5.41) is 2.60. The van der Waals surface area contributed by atoms with Crippen molar-refractivity contribution >= 4 is 37.5 Å². The van der Waals surface area contributed by atoms with Gasteiger partial charge >= 0.3 is 0 Å². The summed E-state index contributed by atoms with van der Waals surface area (Å²) in [4.78, 5) is 11.3. The van der Waals surface area contributed by atoms with Crippen molar-refractivity contribution in [3.8, 4) is 11.5 Å². The number of halogens is 1. The van der Waals surface area contributed by atoms with Crippen LogP contribution in [0.5, 0.6) is 11.5 Å². The first-order chi connectivity index (χ1) is 12.7. The van der Waals surface area contributed by atoms with E-state index < -0.39 is 10.0 Å². The second-order valence-corrected chi connectivity index (χ2v) is 8.72. The number of hydrogen-bond donors (Lipinski definition) is 1. The normalized spacial score (nSPS) is 11.3. The third-order valence-corrected chi connectivity index (χ3v) is 6.12. The molecule has 0 bridgehead atoms. The molecule has 7 nitrogen and oxygen atoms in total. The molecule has 0 radical (unpaired) electrons. The Morgan fingerprint density at radius 1 is 1.11 bits per heavy atom. The Morgan fingerprint density at radius 2 is 1.78 bits per heavy atom. The first-order valence-corrected chi connectivity index (χ1v) is 10.2. The van der Waals surface area contributed by atoms with Gasteiger partial charge in [0.2, 0.25) is 15.9 Å². The number of ether oxygens (including phenoxy) is 2. The number of methoxy groups -OCH3 is 2. The van der Waals surface area contributed by atoms with Crippen LogP contribution in [0.4, 0.5) is 5.69 Å². The highest BCUT2D eigenvalue weighted by Gasteiger charge is 2.23. The van der Waals surface area contributed by atoms with Crippen LogP contribution in [-0.2, 0) is 21.4 Å². The molecule has 2 rings (SSSR count). The van der Waals surface area contributed by atoms with Gasteiger partial charge in [0.05, 0.1) is 24.8 Å². The number of carbonyl (C=O) groups is 1. The van der Waals surface area contributed by atoms with Crippen LogP contribution in [0.1, 0.15) is 12.5 Å². The molecule has 0 aliphatic carbocycles. The Hall–Kier alpha value is -2.10. The van der Waals surface area contributed by atoms with E-state index in [2.05, 4.69) is 21.2 Å². The molecule has 27 heavy (non-hydrogen) atoms. The monoisotopic (exact) mass is 456 g/mol. The van der Waals surface area contributed by atoms with E-state index in [1.54, 1.807) is 6.07 Å². The van der Waals surface area contributed by atoms with Crippen LogP contribution in [0.3, 0.4) is 0 Å². The van der Waals surface area contributed by atoms with Gasteiger partial charge in [0, 0.05) is 36.6 Å². The van der Waals surface area contributed by atoms with Crippen LogP contribution >= 0.6 is 15.9 Å².